The third-order valence-corrected chi connectivity index (χ3v) is 12.9. The van der Waals surface area contributed by atoms with Crippen LogP contribution in [-0.4, -0.2) is 61.6 Å². The summed E-state index contributed by atoms with van der Waals surface area (Å²) in [5.41, 5.74) is 0. The van der Waals surface area contributed by atoms with Gasteiger partial charge in [-0.2, -0.15) is 0 Å². The largest absolute Gasteiger partial charge is 0.464 e. The minimum Gasteiger partial charge on any atom is -0.464 e. The third kappa shape index (κ3) is 51.0. The van der Waals surface area contributed by atoms with Gasteiger partial charge in [0.2, 0.25) is 0 Å². The number of nitrogens with zero attached hydrogens (tertiary/aromatic N) is 1. The zero-order valence-electron chi connectivity index (χ0n) is 45.0. The van der Waals surface area contributed by atoms with Gasteiger partial charge in [-0.15, -0.1) is 0 Å². The molecule has 0 spiro atoms. The Bertz CT molecular complexity index is 1150. The fourth-order valence-electron chi connectivity index (χ4n) is 8.37. The lowest BCUT2D eigenvalue weighted by atomic mass is 10.1. The number of hydrogen-bond acceptors (Lipinski definition) is 7. The highest BCUT2D eigenvalue weighted by Crippen LogP contribution is 2.14. The van der Waals surface area contributed by atoms with E-state index in [2.05, 4.69) is 57.2 Å². The van der Waals surface area contributed by atoms with Crippen LogP contribution in [0.4, 0.5) is 0 Å². The van der Waals surface area contributed by atoms with Crippen molar-refractivity contribution in [3.63, 3.8) is 0 Å². The molecule has 0 rings (SSSR count). The molecular weight excluding hydrogens is 847 g/mol. The molecule has 0 fully saturated rings. The van der Waals surface area contributed by atoms with Crippen LogP contribution < -0.4 is 0 Å². The average molecular weight is 957 g/mol. The van der Waals surface area contributed by atoms with E-state index in [1.165, 1.54) is 159 Å². The second-order valence-corrected chi connectivity index (χ2v) is 19.5. The van der Waals surface area contributed by atoms with Crippen LogP contribution in [0, 0.1) is 0 Å². The average Bonchev–Trinajstić information content (AvgIpc) is 3.33. The molecule has 1 amide bonds. The van der Waals surface area contributed by atoms with Crippen molar-refractivity contribution < 1.29 is 33.4 Å². The molecule has 0 aliphatic carbocycles. The highest BCUT2D eigenvalue weighted by molar-refractivity contribution is 5.80. The van der Waals surface area contributed by atoms with E-state index in [4.69, 9.17) is 14.2 Å². The van der Waals surface area contributed by atoms with E-state index >= 15 is 0 Å². The molecule has 0 N–H and O–H groups in total. The lowest BCUT2D eigenvalue weighted by molar-refractivity contribution is -0.154. The zero-order valence-corrected chi connectivity index (χ0v) is 45.0. The molecular formula is C60H109NO7. The smallest absolute Gasteiger partial charge is 0.306 e. The Morgan fingerprint density at radius 1 is 0.309 bits per heavy atom. The van der Waals surface area contributed by atoms with E-state index in [1.807, 2.05) is 0 Å². The van der Waals surface area contributed by atoms with E-state index in [0.29, 0.717) is 12.8 Å². The number of unbranched alkanes of at least 4 members (excludes halogenated alkanes) is 33. The molecule has 0 bridgehead atoms. The predicted octanol–water partition coefficient (Wildman–Crippen LogP) is 17.6. The maximum atomic E-state index is 13.2. The first-order valence-electron chi connectivity index (χ1n) is 29.1. The Morgan fingerprint density at radius 3 is 0.824 bits per heavy atom. The number of hydrogen-bond donors (Lipinski definition) is 0. The SMILES string of the molecule is CCCCCCCCC=CCCCCCCCC(=O)OCCN(CCOC(=O)CCCCCCCC=CCCCCCCCC)C(=O)COC(=O)CCCCCCCC=CCCCCCCCC. The van der Waals surface area contributed by atoms with E-state index < -0.39 is 0 Å². The van der Waals surface area contributed by atoms with Gasteiger partial charge in [-0.25, -0.2) is 0 Å². The van der Waals surface area contributed by atoms with Crippen LogP contribution in [-0.2, 0) is 33.4 Å². The van der Waals surface area contributed by atoms with Crippen molar-refractivity contribution in [1.82, 2.24) is 4.90 Å². The Kier molecular flexibility index (Phi) is 52.7. The standard InChI is InChI=1S/C60H109NO7/c1-4-7-10-13-16-19-22-25-28-31-34-37-40-43-46-49-58(63)66-54-52-61(53-55-67-59(64)50-47-44-41-38-35-32-29-26-23-20-17-14-11-8-5-2)57(62)56-68-60(65)51-48-45-42-39-36-33-30-27-24-21-18-15-12-9-6-3/h25-30H,4-24,31-56H2,1-3H3. The molecule has 0 radical (unpaired) electrons. The Morgan fingerprint density at radius 2 is 0.544 bits per heavy atom. The summed E-state index contributed by atoms with van der Waals surface area (Å²) in [7, 11) is 0. The third-order valence-electron chi connectivity index (χ3n) is 12.9. The second kappa shape index (κ2) is 55.0. The summed E-state index contributed by atoms with van der Waals surface area (Å²) in [6.45, 7) is 6.77. The summed E-state index contributed by atoms with van der Waals surface area (Å²) in [4.78, 5) is 52.3. The van der Waals surface area contributed by atoms with Gasteiger partial charge in [0.05, 0.1) is 13.1 Å². The first kappa shape index (κ1) is 65.1. The first-order valence-corrected chi connectivity index (χ1v) is 29.1. The summed E-state index contributed by atoms with van der Waals surface area (Å²) >= 11 is 0. The molecule has 0 heterocycles. The van der Waals surface area contributed by atoms with Crippen LogP contribution >= 0.6 is 0 Å². The van der Waals surface area contributed by atoms with Crippen molar-refractivity contribution in [2.45, 2.75) is 290 Å². The quantitative estimate of drug-likeness (QED) is 0.0259. The Labute approximate surface area is 420 Å². The molecule has 0 unspecified atom stereocenters. The molecule has 8 heteroatoms. The van der Waals surface area contributed by atoms with E-state index in [1.54, 1.807) is 0 Å². The van der Waals surface area contributed by atoms with Gasteiger partial charge in [-0.3, -0.25) is 19.2 Å². The maximum absolute atomic E-state index is 13.2. The minimum absolute atomic E-state index is 0.0430. The minimum atomic E-state index is -0.385. The molecule has 0 aromatic carbocycles. The molecule has 0 aliphatic heterocycles. The van der Waals surface area contributed by atoms with Gasteiger partial charge < -0.3 is 19.1 Å². The van der Waals surface area contributed by atoms with Gasteiger partial charge in [-0.1, -0.05) is 211 Å². The normalized spacial score (nSPS) is 11.6. The van der Waals surface area contributed by atoms with Gasteiger partial charge in [-0.05, 0) is 96.3 Å². The number of rotatable bonds is 53. The van der Waals surface area contributed by atoms with Crippen LogP contribution in [0.2, 0.25) is 0 Å². The molecule has 0 aliphatic rings. The molecule has 0 saturated carbocycles. The van der Waals surface area contributed by atoms with Gasteiger partial charge >= 0.3 is 17.9 Å². The molecule has 0 aromatic rings. The lowest BCUT2D eigenvalue weighted by Crippen LogP contribution is -2.40. The fraction of sp³-hybridized carbons (Fsp3) is 0.833. The second-order valence-electron chi connectivity index (χ2n) is 19.5. The number of amides is 1. The topological polar surface area (TPSA) is 99.2 Å². The maximum Gasteiger partial charge on any atom is 0.306 e. The van der Waals surface area contributed by atoms with Gasteiger partial charge in [0, 0.05) is 19.3 Å². The van der Waals surface area contributed by atoms with Crippen LogP contribution in [0.25, 0.3) is 0 Å². The van der Waals surface area contributed by atoms with Gasteiger partial charge in [0.1, 0.15) is 13.2 Å². The van der Waals surface area contributed by atoms with Crippen molar-refractivity contribution in [3.05, 3.63) is 36.5 Å². The monoisotopic (exact) mass is 956 g/mol. The highest BCUT2D eigenvalue weighted by Gasteiger charge is 2.18. The fourth-order valence-corrected chi connectivity index (χ4v) is 8.37. The summed E-state index contributed by atoms with van der Waals surface area (Å²) in [5, 5.41) is 0. The molecule has 0 aromatic heterocycles. The van der Waals surface area contributed by atoms with Crippen molar-refractivity contribution in [1.29, 1.82) is 0 Å². The van der Waals surface area contributed by atoms with E-state index in [-0.39, 0.29) is 63.1 Å². The zero-order chi connectivity index (χ0) is 49.5. The van der Waals surface area contributed by atoms with Gasteiger partial charge in [0.25, 0.3) is 5.91 Å². The summed E-state index contributed by atoms with van der Waals surface area (Å²) in [6.07, 6.45) is 61.5. The number of allylic oxidation sites excluding steroid dienone is 6. The molecule has 0 atom stereocenters. The van der Waals surface area contributed by atoms with Crippen molar-refractivity contribution in [3.8, 4) is 0 Å². The Balaban J connectivity index is 4.47. The van der Waals surface area contributed by atoms with Crippen LogP contribution in [0.15, 0.2) is 36.5 Å². The number of ether oxygens (including phenoxy) is 3. The van der Waals surface area contributed by atoms with Crippen molar-refractivity contribution >= 4 is 23.8 Å². The Hall–Kier alpha value is -2.90. The van der Waals surface area contributed by atoms with Crippen LogP contribution in [0.1, 0.15) is 290 Å². The van der Waals surface area contributed by atoms with E-state index in [0.717, 1.165) is 96.3 Å². The number of carbonyl (C=O) groups excluding carboxylic acids is 4. The van der Waals surface area contributed by atoms with Crippen molar-refractivity contribution in [2.24, 2.45) is 0 Å². The summed E-state index contributed by atoms with van der Waals surface area (Å²) in [6, 6.07) is 0. The molecule has 68 heavy (non-hydrogen) atoms. The number of carbonyl (C=O) groups is 4. The summed E-state index contributed by atoms with van der Waals surface area (Å²) in [5.74, 6) is -1.31. The van der Waals surface area contributed by atoms with Crippen molar-refractivity contribution in [2.75, 3.05) is 32.9 Å². The van der Waals surface area contributed by atoms with Gasteiger partial charge in [0.15, 0.2) is 6.61 Å². The lowest BCUT2D eigenvalue weighted by Gasteiger charge is -2.22. The summed E-state index contributed by atoms with van der Waals surface area (Å²) < 4.78 is 16.4. The first-order chi connectivity index (χ1) is 33.4. The number of esters is 3. The van der Waals surface area contributed by atoms with E-state index in [9.17, 15) is 19.2 Å². The van der Waals surface area contributed by atoms with Crippen LogP contribution in [0.3, 0.4) is 0 Å². The molecule has 8 nitrogen and oxygen atoms in total. The predicted molar refractivity (Wildman–Crippen MR) is 288 cm³/mol. The molecule has 396 valence electrons. The molecule has 0 saturated heterocycles. The van der Waals surface area contributed by atoms with Crippen LogP contribution in [0.5, 0.6) is 0 Å². The highest BCUT2D eigenvalue weighted by atomic mass is 16.5.